The van der Waals surface area contributed by atoms with Gasteiger partial charge in [-0.2, -0.15) is 10.2 Å². The Morgan fingerprint density at radius 1 is 0.950 bits per heavy atom. The number of terminal acetylenes is 2. The van der Waals surface area contributed by atoms with Gasteiger partial charge in [-0.3, -0.25) is 9.59 Å². The highest BCUT2D eigenvalue weighted by atomic mass is 16.4. The molecule has 108 valence electrons. The van der Waals surface area contributed by atoms with Crippen LogP contribution in [-0.2, 0) is 9.59 Å². The quantitative estimate of drug-likeness (QED) is 0.523. The third kappa shape index (κ3) is 6.55. The van der Waals surface area contributed by atoms with Crippen molar-refractivity contribution < 1.29 is 19.8 Å². The third-order valence-corrected chi connectivity index (χ3v) is 2.76. The molecule has 2 atom stereocenters. The summed E-state index contributed by atoms with van der Waals surface area (Å²) in [5.74, 6) is 2.81. The van der Waals surface area contributed by atoms with Crippen LogP contribution in [0.2, 0.25) is 0 Å². The zero-order chi connectivity index (χ0) is 15.8. The topological polar surface area (TPSA) is 99.3 Å². The number of hydrogen-bond acceptors (Lipinski definition) is 4. The molecule has 0 rings (SSSR count). The number of nitrogens with zero attached hydrogens (tertiary/aromatic N) is 2. The fourth-order valence-electron chi connectivity index (χ4n) is 1.22. The van der Waals surface area contributed by atoms with Crippen LogP contribution in [-0.4, -0.2) is 33.2 Å². The summed E-state index contributed by atoms with van der Waals surface area (Å²) in [6, 6.07) is 0. The number of carbonyl (C=O) groups is 2. The van der Waals surface area contributed by atoms with Gasteiger partial charge in [0.05, 0.1) is 0 Å². The molecule has 0 saturated carbocycles. The van der Waals surface area contributed by atoms with Gasteiger partial charge in [-0.05, 0) is 26.7 Å². The van der Waals surface area contributed by atoms with Crippen LogP contribution < -0.4 is 0 Å². The fraction of sp³-hybridized carbons (Fsp3) is 0.571. The number of aliphatic carboxylic acids is 2. The molecule has 0 saturated heterocycles. The van der Waals surface area contributed by atoms with Gasteiger partial charge >= 0.3 is 11.9 Å². The first-order valence-corrected chi connectivity index (χ1v) is 5.99. The Morgan fingerprint density at radius 2 is 1.25 bits per heavy atom. The fourth-order valence-corrected chi connectivity index (χ4v) is 1.22. The molecule has 20 heavy (non-hydrogen) atoms. The van der Waals surface area contributed by atoms with Gasteiger partial charge in [-0.15, -0.1) is 12.8 Å². The average molecular weight is 278 g/mol. The van der Waals surface area contributed by atoms with Gasteiger partial charge in [-0.25, -0.2) is 0 Å². The van der Waals surface area contributed by atoms with Crippen molar-refractivity contribution in [1.29, 1.82) is 0 Å². The number of carboxylic acid groups (broad SMARTS) is 2. The van der Waals surface area contributed by atoms with E-state index in [4.69, 9.17) is 23.1 Å². The van der Waals surface area contributed by atoms with E-state index in [0.29, 0.717) is 0 Å². The lowest BCUT2D eigenvalue weighted by atomic mass is 9.97. The minimum absolute atomic E-state index is 0.127. The summed E-state index contributed by atoms with van der Waals surface area (Å²) >= 11 is 0. The monoisotopic (exact) mass is 278 g/mol. The van der Waals surface area contributed by atoms with E-state index in [1.165, 1.54) is 0 Å². The standard InChI is InChI=1S/C14H18N2O4/c1-5-13(3,9-7-11(17)18)15-16-14(4,6-2)10-8-12(19)20/h1-2H,7-10H2,3-4H3,(H,17,18)(H,19,20). The van der Waals surface area contributed by atoms with Gasteiger partial charge in [0.25, 0.3) is 0 Å². The Hall–Kier alpha value is -2.34. The molecule has 0 amide bonds. The van der Waals surface area contributed by atoms with E-state index in [1.54, 1.807) is 13.8 Å². The van der Waals surface area contributed by atoms with Crippen LogP contribution in [0.25, 0.3) is 0 Å². The zero-order valence-corrected chi connectivity index (χ0v) is 11.6. The van der Waals surface area contributed by atoms with Crippen LogP contribution in [0.5, 0.6) is 0 Å². The largest absolute Gasteiger partial charge is 0.481 e. The van der Waals surface area contributed by atoms with Crippen molar-refractivity contribution in [2.24, 2.45) is 10.2 Å². The molecule has 0 aromatic heterocycles. The van der Waals surface area contributed by atoms with Crippen LogP contribution in [0.15, 0.2) is 10.2 Å². The van der Waals surface area contributed by atoms with Crippen LogP contribution >= 0.6 is 0 Å². The second-order valence-electron chi connectivity index (χ2n) is 4.82. The molecule has 6 nitrogen and oxygen atoms in total. The smallest absolute Gasteiger partial charge is 0.303 e. The molecule has 0 heterocycles. The van der Waals surface area contributed by atoms with Crippen molar-refractivity contribution in [3.63, 3.8) is 0 Å². The Morgan fingerprint density at radius 3 is 1.45 bits per heavy atom. The summed E-state index contributed by atoms with van der Waals surface area (Å²) in [5.41, 5.74) is -2.14. The summed E-state index contributed by atoms with van der Waals surface area (Å²) in [7, 11) is 0. The van der Waals surface area contributed by atoms with E-state index in [0.717, 1.165) is 0 Å². The molecule has 0 spiro atoms. The summed E-state index contributed by atoms with van der Waals surface area (Å²) < 4.78 is 0. The Labute approximate surface area is 118 Å². The minimum Gasteiger partial charge on any atom is -0.481 e. The van der Waals surface area contributed by atoms with Gasteiger partial charge < -0.3 is 10.2 Å². The molecule has 0 aromatic carbocycles. The highest BCUT2D eigenvalue weighted by Crippen LogP contribution is 2.23. The SMILES string of the molecule is C#CC(C)(CCC(=O)O)N=NC(C)(C#C)CCC(=O)O. The molecule has 2 unspecified atom stereocenters. The average Bonchev–Trinajstić information content (AvgIpc) is 2.41. The maximum absolute atomic E-state index is 10.6. The van der Waals surface area contributed by atoms with Crippen LogP contribution in [0.4, 0.5) is 0 Å². The van der Waals surface area contributed by atoms with E-state index < -0.39 is 23.0 Å². The van der Waals surface area contributed by atoms with Gasteiger partial charge in [0.1, 0.15) is 11.1 Å². The van der Waals surface area contributed by atoms with Crippen molar-refractivity contribution in [3.05, 3.63) is 0 Å². The van der Waals surface area contributed by atoms with Crippen LogP contribution in [0.1, 0.15) is 39.5 Å². The number of rotatable bonds is 8. The van der Waals surface area contributed by atoms with Gasteiger partial charge in [0.15, 0.2) is 0 Å². The van der Waals surface area contributed by atoms with E-state index in [9.17, 15) is 9.59 Å². The third-order valence-electron chi connectivity index (χ3n) is 2.76. The Balaban J connectivity index is 4.92. The molecule has 0 aromatic rings. The van der Waals surface area contributed by atoms with E-state index in [2.05, 4.69) is 22.1 Å². The summed E-state index contributed by atoms with van der Waals surface area (Å²) in [5, 5.41) is 25.2. The van der Waals surface area contributed by atoms with Crippen molar-refractivity contribution in [3.8, 4) is 24.7 Å². The second-order valence-corrected chi connectivity index (χ2v) is 4.82. The highest BCUT2D eigenvalue weighted by Gasteiger charge is 2.26. The predicted octanol–water partition coefficient (Wildman–Crippen LogP) is 1.95. The molecule has 0 fully saturated rings. The predicted molar refractivity (Wildman–Crippen MR) is 73.1 cm³/mol. The van der Waals surface area contributed by atoms with Gasteiger partial charge in [0, 0.05) is 12.8 Å². The first-order valence-electron chi connectivity index (χ1n) is 5.99. The molecule has 0 aliphatic heterocycles. The Bertz CT molecular complexity index is 442. The lowest BCUT2D eigenvalue weighted by Gasteiger charge is -2.21. The maximum Gasteiger partial charge on any atom is 0.303 e. The Kier molecular flexibility index (Phi) is 6.44. The normalized spacial score (nSPS) is 16.6. The van der Waals surface area contributed by atoms with Crippen molar-refractivity contribution in [2.75, 3.05) is 0 Å². The lowest BCUT2D eigenvalue weighted by molar-refractivity contribution is -0.138. The number of hydrogen-bond donors (Lipinski definition) is 2. The maximum atomic E-state index is 10.6. The first-order chi connectivity index (χ1) is 9.16. The van der Waals surface area contributed by atoms with Crippen molar-refractivity contribution in [2.45, 2.75) is 50.6 Å². The molecule has 0 radical (unpaired) electrons. The molecular formula is C14H18N2O4. The summed E-state index contributed by atoms with van der Waals surface area (Å²) in [4.78, 5) is 21.1. The van der Waals surface area contributed by atoms with Crippen molar-refractivity contribution >= 4 is 11.9 Å². The summed E-state index contributed by atoms with van der Waals surface area (Å²) in [6.45, 7) is 3.15. The van der Waals surface area contributed by atoms with Gasteiger partial charge in [0.2, 0.25) is 0 Å². The molecule has 0 aliphatic carbocycles. The molecule has 2 N–H and O–H groups in total. The molecule has 6 heteroatoms. The van der Waals surface area contributed by atoms with E-state index in [1.807, 2.05) is 0 Å². The lowest BCUT2D eigenvalue weighted by Crippen LogP contribution is -2.25. The number of azo groups is 1. The van der Waals surface area contributed by atoms with E-state index >= 15 is 0 Å². The number of carboxylic acids is 2. The van der Waals surface area contributed by atoms with Gasteiger partial charge in [-0.1, -0.05) is 11.8 Å². The van der Waals surface area contributed by atoms with Crippen molar-refractivity contribution in [1.82, 2.24) is 0 Å². The highest BCUT2D eigenvalue weighted by molar-refractivity contribution is 5.67. The molecule has 0 bridgehead atoms. The molecule has 0 aliphatic rings. The van der Waals surface area contributed by atoms with E-state index in [-0.39, 0.29) is 25.7 Å². The first kappa shape index (κ1) is 17.7. The molecular weight excluding hydrogens is 260 g/mol. The van der Waals surface area contributed by atoms with Crippen LogP contribution in [0.3, 0.4) is 0 Å². The minimum atomic E-state index is -1.07. The van der Waals surface area contributed by atoms with Crippen LogP contribution in [0, 0.1) is 24.7 Å². The summed E-state index contributed by atoms with van der Waals surface area (Å²) in [6.07, 6.45) is 10.7. The second kappa shape index (κ2) is 7.30. The zero-order valence-electron chi connectivity index (χ0n) is 11.6.